The van der Waals surface area contributed by atoms with E-state index in [0.29, 0.717) is 32.3 Å². The Morgan fingerprint density at radius 2 is 2.00 bits per heavy atom. The lowest BCUT2D eigenvalue weighted by Gasteiger charge is -2.23. The van der Waals surface area contributed by atoms with Crippen molar-refractivity contribution in [3.8, 4) is 0 Å². The van der Waals surface area contributed by atoms with Crippen molar-refractivity contribution < 1.29 is 24.5 Å². The summed E-state index contributed by atoms with van der Waals surface area (Å²) in [6.45, 7) is 8.44. The van der Waals surface area contributed by atoms with Crippen LogP contribution in [0.15, 0.2) is 24.0 Å². The van der Waals surface area contributed by atoms with Crippen molar-refractivity contribution in [3.05, 3.63) is 24.0 Å². The van der Waals surface area contributed by atoms with E-state index >= 15 is 0 Å². The number of allylic oxidation sites excluding steroid dienone is 3. The van der Waals surface area contributed by atoms with Gasteiger partial charge in [-0.3, -0.25) is 9.59 Å². The molecule has 0 spiro atoms. The average Bonchev–Trinajstić information content (AvgIpc) is 2.90. The van der Waals surface area contributed by atoms with Crippen LogP contribution in [-0.4, -0.2) is 34.7 Å². The molecule has 0 aromatic heterocycles. The van der Waals surface area contributed by atoms with Crippen molar-refractivity contribution in [2.24, 2.45) is 17.3 Å². The Balaban J connectivity index is 2.54. The second-order valence-corrected chi connectivity index (χ2v) is 9.05. The van der Waals surface area contributed by atoms with Crippen molar-refractivity contribution in [3.63, 3.8) is 0 Å². The number of Topliss-reactive ketones (excluding diaryl/α,β-unsaturated/α-hetero) is 1. The predicted octanol–water partition coefficient (Wildman–Crippen LogP) is 5.28. The summed E-state index contributed by atoms with van der Waals surface area (Å²) < 4.78 is 4.87. The molecule has 5 heteroatoms. The van der Waals surface area contributed by atoms with E-state index in [1.54, 1.807) is 6.08 Å². The fourth-order valence-corrected chi connectivity index (χ4v) is 3.82. The molecule has 166 valence electrons. The molecule has 29 heavy (non-hydrogen) atoms. The largest absolute Gasteiger partial charge is 0.513 e. The van der Waals surface area contributed by atoms with Crippen LogP contribution in [0.25, 0.3) is 0 Å². The van der Waals surface area contributed by atoms with Gasteiger partial charge in [-0.2, -0.15) is 0 Å². The molecule has 0 aromatic rings. The Morgan fingerprint density at radius 3 is 2.66 bits per heavy atom. The van der Waals surface area contributed by atoms with Gasteiger partial charge in [-0.1, -0.05) is 45.8 Å². The van der Waals surface area contributed by atoms with Gasteiger partial charge in [-0.05, 0) is 43.6 Å². The molecule has 0 unspecified atom stereocenters. The van der Waals surface area contributed by atoms with E-state index in [0.717, 1.165) is 12.8 Å². The lowest BCUT2D eigenvalue weighted by molar-refractivity contribution is -0.141. The van der Waals surface area contributed by atoms with E-state index < -0.39 is 6.10 Å². The van der Waals surface area contributed by atoms with Crippen LogP contribution in [0.5, 0.6) is 0 Å². The number of esters is 1. The number of aliphatic hydroxyl groups excluding tert-OH is 2. The molecule has 3 atom stereocenters. The van der Waals surface area contributed by atoms with E-state index in [1.165, 1.54) is 19.8 Å². The number of hydrogen-bond acceptors (Lipinski definition) is 5. The zero-order valence-electron chi connectivity index (χ0n) is 18.7. The highest BCUT2D eigenvalue weighted by molar-refractivity contribution is 5.84. The number of aliphatic hydroxyl groups is 2. The normalized spacial score (nSPS) is 23.1. The van der Waals surface area contributed by atoms with Crippen LogP contribution in [0.2, 0.25) is 0 Å². The summed E-state index contributed by atoms with van der Waals surface area (Å²) in [6.07, 6.45) is 12.2. The molecule has 0 saturated heterocycles. The lowest BCUT2D eigenvalue weighted by Crippen LogP contribution is -2.18. The minimum atomic E-state index is -0.637. The van der Waals surface area contributed by atoms with Gasteiger partial charge in [0.2, 0.25) is 0 Å². The van der Waals surface area contributed by atoms with Gasteiger partial charge in [0, 0.05) is 31.6 Å². The summed E-state index contributed by atoms with van der Waals surface area (Å²) in [5.74, 6) is -0.432. The van der Waals surface area contributed by atoms with Gasteiger partial charge in [0.15, 0.2) is 0 Å². The molecule has 0 radical (unpaired) electrons. The molecular weight excluding hydrogens is 368 g/mol. The van der Waals surface area contributed by atoms with Gasteiger partial charge in [-0.25, -0.2) is 0 Å². The van der Waals surface area contributed by atoms with Crippen molar-refractivity contribution in [1.82, 2.24) is 0 Å². The first-order chi connectivity index (χ1) is 13.7. The van der Waals surface area contributed by atoms with Crippen molar-refractivity contribution >= 4 is 11.8 Å². The number of hydrogen-bond donors (Lipinski definition) is 2. The number of unbranched alkanes of at least 4 members (excludes halogenated alkanes) is 2. The van der Waals surface area contributed by atoms with E-state index in [1.807, 2.05) is 6.08 Å². The number of rotatable bonds is 13. The molecule has 1 aliphatic carbocycles. The SMILES string of the molecule is CCCCC(C)(C)C/C=C/[C@H]1[C@H](O)CC(=O)[C@@H]1C/C=C(\O)CCCCOC(C)=O. The van der Waals surface area contributed by atoms with E-state index in [4.69, 9.17) is 4.74 Å². The lowest BCUT2D eigenvalue weighted by atomic mass is 9.83. The van der Waals surface area contributed by atoms with Crippen LogP contribution in [0.1, 0.15) is 85.5 Å². The Kier molecular flexibility index (Phi) is 11.3. The summed E-state index contributed by atoms with van der Waals surface area (Å²) in [4.78, 5) is 23.0. The molecule has 0 aromatic carbocycles. The van der Waals surface area contributed by atoms with Gasteiger partial charge >= 0.3 is 5.97 Å². The summed E-state index contributed by atoms with van der Waals surface area (Å²) in [5.41, 5.74) is 0.222. The van der Waals surface area contributed by atoms with Gasteiger partial charge < -0.3 is 14.9 Å². The van der Waals surface area contributed by atoms with Gasteiger partial charge in [-0.15, -0.1) is 0 Å². The Labute approximate surface area is 176 Å². The summed E-state index contributed by atoms with van der Waals surface area (Å²) in [7, 11) is 0. The molecular formula is C24H40O5. The smallest absolute Gasteiger partial charge is 0.302 e. The maximum atomic E-state index is 12.3. The second kappa shape index (κ2) is 12.8. The van der Waals surface area contributed by atoms with Crippen LogP contribution in [-0.2, 0) is 14.3 Å². The highest BCUT2D eigenvalue weighted by atomic mass is 16.5. The Hall–Kier alpha value is -1.62. The number of ether oxygens (including phenoxy) is 1. The van der Waals surface area contributed by atoms with E-state index in [-0.39, 0.29) is 41.2 Å². The van der Waals surface area contributed by atoms with E-state index in [9.17, 15) is 19.8 Å². The topological polar surface area (TPSA) is 83.8 Å². The first-order valence-corrected chi connectivity index (χ1v) is 11.0. The molecule has 0 aliphatic heterocycles. The molecule has 1 rings (SSSR count). The standard InChI is InChI=1S/C24H40O5/c1-5-6-14-24(3,4)15-9-11-20-21(23(28)17-22(20)27)13-12-19(26)10-7-8-16-29-18(2)25/h9,11-12,20-22,26-27H,5-8,10,13-17H2,1-4H3/b11-9+,19-12-/t20-,21-,22-/m1/s1. The highest BCUT2D eigenvalue weighted by Crippen LogP contribution is 2.35. The third-order valence-corrected chi connectivity index (χ3v) is 5.71. The number of carbonyl (C=O) groups excluding carboxylic acids is 2. The van der Waals surface area contributed by atoms with Crippen molar-refractivity contribution in [2.45, 2.75) is 91.6 Å². The third kappa shape index (κ3) is 10.1. The molecule has 2 N–H and O–H groups in total. The fraction of sp³-hybridized carbons (Fsp3) is 0.750. The molecule has 1 fully saturated rings. The van der Waals surface area contributed by atoms with Gasteiger partial charge in [0.1, 0.15) is 5.78 Å². The van der Waals surface area contributed by atoms with Crippen LogP contribution >= 0.6 is 0 Å². The molecule has 0 amide bonds. The Bertz CT molecular complexity index is 576. The zero-order valence-corrected chi connectivity index (χ0v) is 18.7. The quantitative estimate of drug-likeness (QED) is 0.187. The molecule has 1 saturated carbocycles. The maximum absolute atomic E-state index is 12.3. The van der Waals surface area contributed by atoms with E-state index in [2.05, 4.69) is 26.8 Å². The summed E-state index contributed by atoms with van der Waals surface area (Å²) in [6, 6.07) is 0. The molecule has 0 bridgehead atoms. The van der Waals surface area contributed by atoms with Gasteiger partial charge in [0.25, 0.3) is 0 Å². The predicted molar refractivity (Wildman–Crippen MR) is 115 cm³/mol. The molecule has 5 nitrogen and oxygen atoms in total. The second-order valence-electron chi connectivity index (χ2n) is 9.05. The Morgan fingerprint density at radius 1 is 1.28 bits per heavy atom. The zero-order chi connectivity index (χ0) is 21.9. The minimum Gasteiger partial charge on any atom is -0.513 e. The summed E-state index contributed by atoms with van der Waals surface area (Å²) >= 11 is 0. The van der Waals surface area contributed by atoms with Crippen LogP contribution in [0.3, 0.4) is 0 Å². The van der Waals surface area contributed by atoms with Crippen LogP contribution < -0.4 is 0 Å². The summed E-state index contributed by atoms with van der Waals surface area (Å²) in [5, 5.41) is 20.4. The number of ketones is 1. The highest BCUT2D eigenvalue weighted by Gasteiger charge is 2.39. The monoisotopic (exact) mass is 408 g/mol. The first-order valence-electron chi connectivity index (χ1n) is 11.0. The number of carbonyl (C=O) groups is 2. The van der Waals surface area contributed by atoms with Crippen molar-refractivity contribution in [2.75, 3.05) is 6.61 Å². The van der Waals surface area contributed by atoms with Gasteiger partial charge in [0.05, 0.1) is 18.5 Å². The third-order valence-electron chi connectivity index (χ3n) is 5.71. The minimum absolute atomic E-state index is 0.0660. The maximum Gasteiger partial charge on any atom is 0.302 e. The average molecular weight is 409 g/mol. The molecule has 1 aliphatic rings. The fourth-order valence-electron chi connectivity index (χ4n) is 3.82. The van der Waals surface area contributed by atoms with Crippen molar-refractivity contribution in [1.29, 1.82) is 0 Å². The van der Waals surface area contributed by atoms with Crippen LogP contribution in [0, 0.1) is 17.3 Å². The molecule has 0 heterocycles. The first kappa shape index (κ1) is 25.4. The van der Waals surface area contributed by atoms with Crippen LogP contribution in [0.4, 0.5) is 0 Å².